The molecule has 0 aliphatic carbocycles. The van der Waals surface area contributed by atoms with Crippen molar-refractivity contribution < 1.29 is 14.3 Å². The number of nitrogens with zero attached hydrogens (tertiary/aromatic N) is 1. The smallest absolute Gasteiger partial charge is 0.350 e. The summed E-state index contributed by atoms with van der Waals surface area (Å²) in [5.41, 5.74) is 1.02. The molecule has 0 fully saturated rings. The maximum atomic E-state index is 12.4. The minimum atomic E-state index is -0.453. The molecule has 0 saturated carbocycles. The third kappa shape index (κ3) is 3.54. The van der Waals surface area contributed by atoms with E-state index in [1.54, 1.807) is 17.5 Å². The summed E-state index contributed by atoms with van der Waals surface area (Å²) >= 11 is 4.61. The summed E-state index contributed by atoms with van der Waals surface area (Å²) < 4.78 is 7.42. The number of thiophene rings is 1. The van der Waals surface area contributed by atoms with E-state index in [0.717, 1.165) is 17.4 Å². The minimum Gasteiger partial charge on any atom is -0.465 e. The van der Waals surface area contributed by atoms with E-state index in [4.69, 9.17) is 4.74 Å². The lowest BCUT2D eigenvalue weighted by Crippen LogP contribution is -2.18. The Morgan fingerprint density at radius 1 is 1.48 bits per heavy atom. The zero-order valence-electron chi connectivity index (χ0n) is 11.7. The number of halogens is 1. The Morgan fingerprint density at radius 3 is 2.90 bits per heavy atom. The SMILES string of the molecule is CCCn1cc(Br)cc1C(=O)Nc1ccsc1C(=O)OC. The van der Waals surface area contributed by atoms with E-state index in [1.807, 2.05) is 17.7 Å². The number of anilines is 1. The number of amides is 1. The molecular formula is C14H15BrN2O3S. The molecule has 2 aromatic heterocycles. The first-order valence-electron chi connectivity index (χ1n) is 6.39. The molecule has 2 rings (SSSR count). The highest BCUT2D eigenvalue weighted by Crippen LogP contribution is 2.24. The number of hydrogen-bond donors (Lipinski definition) is 1. The number of aromatic nitrogens is 1. The normalized spacial score (nSPS) is 10.4. The number of nitrogens with one attached hydrogen (secondary N) is 1. The van der Waals surface area contributed by atoms with Crippen LogP contribution in [-0.2, 0) is 11.3 Å². The standard InChI is InChI=1S/C14H15BrN2O3S/c1-3-5-17-8-9(15)7-11(17)13(18)16-10-4-6-21-12(10)14(19)20-2/h4,6-8H,3,5H2,1-2H3,(H,16,18). The van der Waals surface area contributed by atoms with Gasteiger partial charge in [0.25, 0.3) is 5.91 Å². The molecule has 112 valence electrons. The van der Waals surface area contributed by atoms with Gasteiger partial charge >= 0.3 is 5.97 Å². The quantitative estimate of drug-likeness (QED) is 0.815. The van der Waals surface area contributed by atoms with E-state index in [0.29, 0.717) is 16.3 Å². The predicted molar refractivity (Wildman–Crippen MR) is 86.0 cm³/mol. The second kappa shape index (κ2) is 6.91. The highest BCUT2D eigenvalue weighted by molar-refractivity contribution is 9.10. The maximum absolute atomic E-state index is 12.4. The summed E-state index contributed by atoms with van der Waals surface area (Å²) in [4.78, 5) is 24.4. The average molecular weight is 371 g/mol. The van der Waals surface area contributed by atoms with E-state index >= 15 is 0 Å². The summed E-state index contributed by atoms with van der Waals surface area (Å²) in [5.74, 6) is -0.705. The fourth-order valence-electron chi connectivity index (χ4n) is 1.94. The molecule has 21 heavy (non-hydrogen) atoms. The molecule has 0 aliphatic rings. The molecular weight excluding hydrogens is 356 g/mol. The van der Waals surface area contributed by atoms with Crippen LogP contribution < -0.4 is 5.32 Å². The zero-order chi connectivity index (χ0) is 15.4. The van der Waals surface area contributed by atoms with Crippen molar-refractivity contribution in [3.8, 4) is 0 Å². The number of hydrogen-bond acceptors (Lipinski definition) is 4. The number of rotatable bonds is 5. The molecule has 0 unspecified atom stereocenters. The molecule has 0 atom stereocenters. The second-order valence-electron chi connectivity index (χ2n) is 4.35. The van der Waals surface area contributed by atoms with Crippen molar-refractivity contribution in [2.75, 3.05) is 12.4 Å². The molecule has 1 amide bonds. The third-order valence-corrected chi connectivity index (χ3v) is 4.17. The van der Waals surface area contributed by atoms with E-state index < -0.39 is 5.97 Å². The molecule has 0 saturated heterocycles. The number of esters is 1. The molecule has 2 aromatic rings. The monoisotopic (exact) mass is 370 g/mol. The molecule has 0 spiro atoms. The first-order chi connectivity index (χ1) is 10.1. The molecule has 2 heterocycles. The van der Waals surface area contributed by atoms with Gasteiger partial charge in [-0.15, -0.1) is 11.3 Å². The molecule has 1 N–H and O–H groups in total. The Kier molecular flexibility index (Phi) is 5.19. The Hall–Kier alpha value is -1.60. The first kappa shape index (κ1) is 15.8. The Bertz CT molecular complexity index is 663. The summed E-state index contributed by atoms with van der Waals surface area (Å²) in [7, 11) is 1.32. The zero-order valence-corrected chi connectivity index (χ0v) is 14.1. The van der Waals surface area contributed by atoms with Crippen LogP contribution in [-0.4, -0.2) is 23.6 Å². The maximum Gasteiger partial charge on any atom is 0.350 e. The molecule has 0 aliphatic heterocycles. The van der Waals surface area contributed by atoms with Crippen LogP contribution in [0.4, 0.5) is 5.69 Å². The van der Waals surface area contributed by atoms with Gasteiger partial charge in [0, 0.05) is 17.2 Å². The Morgan fingerprint density at radius 2 is 2.24 bits per heavy atom. The largest absolute Gasteiger partial charge is 0.465 e. The van der Waals surface area contributed by atoms with Crippen molar-refractivity contribution in [2.45, 2.75) is 19.9 Å². The minimum absolute atomic E-state index is 0.252. The number of carbonyl (C=O) groups excluding carboxylic acids is 2. The average Bonchev–Trinajstić information content (AvgIpc) is 3.05. The van der Waals surface area contributed by atoms with Crippen LogP contribution in [0.25, 0.3) is 0 Å². The van der Waals surface area contributed by atoms with Gasteiger partial charge in [0.05, 0.1) is 12.8 Å². The van der Waals surface area contributed by atoms with Crippen LogP contribution in [0.15, 0.2) is 28.2 Å². The van der Waals surface area contributed by atoms with E-state index in [9.17, 15) is 9.59 Å². The van der Waals surface area contributed by atoms with Crippen molar-refractivity contribution in [1.82, 2.24) is 4.57 Å². The molecule has 7 heteroatoms. The van der Waals surface area contributed by atoms with Crippen molar-refractivity contribution >= 4 is 44.8 Å². The van der Waals surface area contributed by atoms with E-state index in [2.05, 4.69) is 21.2 Å². The van der Waals surface area contributed by atoms with Crippen LogP contribution >= 0.6 is 27.3 Å². The van der Waals surface area contributed by atoms with Crippen LogP contribution in [0.2, 0.25) is 0 Å². The Labute approximate surface area is 135 Å². The van der Waals surface area contributed by atoms with Gasteiger partial charge in [-0.25, -0.2) is 4.79 Å². The lowest BCUT2D eigenvalue weighted by atomic mass is 10.3. The summed E-state index contributed by atoms with van der Waals surface area (Å²) in [6, 6.07) is 3.45. The van der Waals surface area contributed by atoms with Crippen LogP contribution in [0.5, 0.6) is 0 Å². The number of carbonyl (C=O) groups is 2. The Balaban J connectivity index is 2.22. The van der Waals surface area contributed by atoms with Crippen LogP contribution in [0.3, 0.4) is 0 Å². The first-order valence-corrected chi connectivity index (χ1v) is 8.07. The fraction of sp³-hybridized carbons (Fsp3) is 0.286. The van der Waals surface area contributed by atoms with Gasteiger partial charge in [0.1, 0.15) is 10.6 Å². The van der Waals surface area contributed by atoms with Crippen molar-refractivity contribution in [1.29, 1.82) is 0 Å². The number of ether oxygens (including phenoxy) is 1. The lowest BCUT2D eigenvalue weighted by Gasteiger charge is -2.08. The third-order valence-electron chi connectivity index (χ3n) is 2.84. The van der Waals surface area contributed by atoms with E-state index in [-0.39, 0.29) is 5.91 Å². The summed E-state index contributed by atoms with van der Waals surface area (Å²) in [6.45, 7) is 2.80. The van der Waals surface area contributed by atoms with Gasteiger partial charge in [-0.2, -0.15) is 0 Å². The van der Waals surface area contributed by atoms with Gasteiger partial charge in [0.15, 0.2) is 0 Å². The number of methoxy groups -OCH3 is 1. The van der Waals surface area contributed by atoms with Gasteiger partial charge in [-0.3, -0.25) is 4.79 Å². The second-order valence-corrected chi connectivity index (χ2v) is 6.18. The molecule has 0 aromatic carbocycles. The summed E-state index contributed by atoms with van der Waals surface area (Å²) in [6.07, 6.45) is 2.79. The molecule has 5 nitrogen and oxygen atoms in total. The lowest BCUT2D eigenvalue weighted by molar-refractivity contribution is 0.0607. The van der Waals surface area contributed by atoms with Crippen molar-refractivity contribution in [3.05, 3.63) is 38.8 Å². The fourth-order valence-corrected chi connectivity index (χ4v) is 3.17. The topological polar surface area (TPSA) is 60.3 Å². The predicted octanol–water partition coefficient (Wildman–Crippen LogP) is 3.76. The van der Waals surface area contributed by atoms with Gasteiger partial charge < -0.3 is 14.6 Å². The van der Waals surface area contributed by atoms with Gasteiger partial charge in [-0.05, 0) is 39.9 Å². The van der Waals surface area contributed by atoms with Crippen molar-refractivity contribution in [3.63, 3.8) is 0 Å². The highest BCUT2D eigenvalue weighted by Gasteiger charge is 2.18. The summed E-state index contributed by atoms with van der Waals surface area (Å²) in [5, 5.41) is 4.50. The van der Waals surface area contributed by atoms with Gasteiger partial charge in [-0.1, -0.05) is 6.92 Å². The van der Waals surface area contributed by atoms with Crippen LogP contribution in [0.1, 0.15) is 33.5 Å². The van der Waals surface area contributed by atoms with Crippen LogP contribution in [0, 0.1) is 0 Å². The highest BCUT2D eigenvalue weighted by atomic mass is 79.9. The molecule has 0 radical (unpaired) electrons. The number of aryl methyl sites for hydroxylation is 1. The van der Waals surface area contributed by atoms with Gasteiger partial charge in [0.2, 0.25) is 0 Å². The van der Waals surface area contributed by atoms with E-state index in [1.165, 1.54) is 18.4 Å². The van der Waals surface area contributed by atoms with Crippen molar-refractivity contribution in [2.24, 2.45) is 0 Å². The molecule has 0 bridgehead atoms.